The lowest BCUT2D eigenvalue weighted by atomic mass is 10.1. The van der Waals surface area contributed by atoms with E-state index in [1.54, 1.807) is 0 Å². The Morgan fingerprint density at radius 3 is 3.00 bits per heavy atom. The zero-order chi connectivity index (χ0) is 9.80. The van der Waals surface area contributed by atoms with E-state index in [4.69, 9.17) is 4.18 Å². The van der Waals surface area contributed by atoms with Crippen LogP contribution in [0.1, 0.15) is 5.56 Å². The fourth-order valence-electron chi connectivity index (χ4n) is 1.40. The number of rotatable bonds is 3. The van der Waals surface area contributed by atoms with Gasteiger partial charge < -0.3 is 4.18 Å². The molecule has 0 N–H and O–H groups in total. The Balaban J connectivity index is 2.43. The number of nitrogens with zero attached hydrogens (tertiary/aromatic N) is 1. The molecule has 0 bridgehead atoms. The van der Waals surface area contributed by atoms with E-state index in [0.717, 1.165) is 5.52 Å². The van der Waals surface area contributed by atoms with Crippen molar-refractivity contribution in [1.29, 1.82) is 0 Å². The maximum atomic E-state index is 5.32. The molecular formula is C11H11NOS. The van der Waals surface area contributed by atoms with Crippen molar-refractivity contribution < 1.29 is 4.18 Å². The van der Waals surface area contributed by atoms with Crippen molar-refractivity contribution in [2.24, 2.45) is 0 Å². The molecule has 2 rings (SSSR count). The van der Waals surface area contributed by atoms with Crippen LogP contribution >= 0.6 is 12.0 Å². The maximum Gasteiger partial charge on any atom is 0.0871 e. The van der Waals surface area contributed by atoms with E-state index in [2.05, 4.69) is 11.1 Å². The second-order valence-corrected chi connectivity index (χ2v) is 3.49. The van der Waals surface area contributed by atoms with E-state index in [1.807, 2.05) is 36.7 Å². The predicted octanol–water partition coefficient (Wildman–Crippen LogP) is 3.03. The van der Waals surface area contributed by atoms with Crippen LogP contribution in [0.3, 0.4) is 0 Å². The Kier molecular flexibility index (Phi) is 3.01. The summed E-state index contributed by atoms with van der Waals surface area (Å²) in [5.74, 6) is 0. The molecule has 2 nitrogen and oxygen atoms in total. The molecule has 0 atom stereocenters. The summed E-state index contributed by atoms with van der Waals surface area (Å²) in [4.78, 5) is 4.29. The highest BCUT2D eigenvalue weighted by molar-refractivity contribution is 7.93. The number of hydrogen-bond donors (Lipinski definition) is 0. The molecule has 1 aromatic heterocycles. The van der Waals surface area contributed by atoms with Gasteiger partial charge in [0, 0.05) is 17.8 Å². The van der Waals surface area contributed by atoms with E-state index < -0.39 is 0 Å². The van der Waals surface area contributed by atoms with Gasteiger partial charge in [-0.1, -0.05) is 18.2 Å². The van der Waals surface area contributed by atoms with Crippen LogP contribution in [0.4, 0.5) is 0 Å². The van der Waals surface area contributed by atoms with Gasteiger partial charge >= 0.3 is 0 Å². The lowest BCUT2D eigenvalue weighted by molar-refractivity contribution is 0.367. The maximum absolute atomic E-state index is 5.32. The van der Waals surface area contributed by atoms with Gasteiger partial charge in [0.25, 0.3) is 0 Å². The van der Waals surface area contributed by atoms with Gasteiger partial charge in [-0.05, 0) is 29.7 Å². The summed E-state index contributed by atoms with van der Waals surface area (Å²) in [6, 6.07) is 10.1. The molecule has 0 saturated carbocycles. The van der Waals surface area contributed by atoms with E-state index in [0.29, 0.717) is 6.61 Å². The van der Waals surface area contributed by atoms with Crippen LogP contribution in [0.25, 0.3) is 10.9 Å². The molecule has 2 aromatic rings. The normalized spacial score (nSPS) is 10.6. The molecule has 72 valence electrons. The molecule has 0 saturated heterocycles. The zero-order valence-electron chi connectivity index (χ0n) is 7.93. The zero-order valence-corrected chi connectivity index (χ0v) is 8.75. The third kappa shape index (κ3) is 1.89. The Morgan fingerprint density at radius 2 is 2.14 bits per heavy atom. The molecular weight excluding hydrogens is 194 g/mol. The first kappa shape index (κ1) is 9.49. The highest BCUT2D eigenvalue weighted by Gasteiger charge is 2.00. The monoisotopic (exact) mass is 205 g/mol. The minimum Gasteiger partial charge on any atom is -0.311 e. The number of fused-ring (bicyclic) bond motifs is 1. The Labute approximate surface area is 87.5 Å². The third-order valence-corrected chi connectivity index (χ3v) is 2.43. The van der Waals surface area contributed by atoms with Crippen LogP contribution in [-0.2, 0) is 10.8 Å². The van der Waals surface area contributed by atoms with Crippen LogP contribution in [0.15, 0.2) is 36.5 Å². The SMILES string of the molecule is CSOCc1ccnc2ccccc12. The minimum absolute atomic E-state index is 0.629. The predicted molar refractivity (Wildman–Crippen MR) is 60.0 cm³/mol. The largest absolute Gasteiger partial charge is 0.311 e. The number of para-hydroxylation sites is 1. The summed E-state index contributed by atoms with van der Waals surface area (Å²) in [6.07, 6.45) is 3.74. The van der Waals surface area contributed by atoms with Gasteiger partial charge in [0.05, 0.1) is 12.1 Å². The molecule has 3 heteroatoms. The molecule has 0 aliphatic carbocycles. The van der Waals surface area contributed by atoms with Crippen LogP contribution in [0.2, 0.25) is 0 Å². The van der Waals surface area contributed by atoms with Gasteiger partial charge in [0.1, 0.15) is 0 Å². The lowest BCUT2D eigenvalue weighted by Gasteiger charge is -2.04. The Bertz CT molecular complexity index is 425. The Hall–Kier alpha value is -1.06. The summed E-state index contributed by atoms with van der Waals surface area (Å²) in [5.41, 5.74) is 2.21. The van der Waals surface area contributed by atoms with Crippen LogP contribution in [0.5, 0.6) is 0 Å². The summed E-state index contributed by atoms with van der Waals surface area (Å²) in [7, 11) is 0. The standard InChI is InChI=1S/C11H11NOS/c1-14-13-8-9-6-7-12-11-5-3-2-4-10(9)11/h2-7H,8H2,1H3. The van der Waals surface area contributed by atoms with Crippen molar-refractivity contribution in [3.8, 4) is 0 Å². The van der Waals surface area contributed by atoms with Crippen molar-refractivity contribution in [3.63, 3.8) is 0 Å². The average Bonchev–Trinajstić information content (AvgIpc) is 2.26. The van der Waals surface area contributed by atoms with Gasteiger partial charge in [-0.15, -0.1) is 0 Å². The van der Waals surface area contributed by atoms with E-state index in [9.17, 15) is 0 Å². The lowest BCUT2D eigenvalue weighted by Crippen LogP contribution is -1.89. The number of hydrogen-bond acceptors (Lipinski definition) is 3. The highest BCUT2D eigenvalue weighted by atomic mass is 32.2. The van der Waals surface area contributed by atoms with E-state index in [-0.39, 0.29) is 0 Å². The quantitative estimate of drug-likeness (QED) is 0.719. The summed E-state index contributed by atoms with van der Waals surface area (Å²) >= 11 is 1.38. The van der Waals surface area contributed by atoms with Crippen LogP contribution in [0, 0.1) is 0 Å². The van der Waals surface area contributed by atoms with Crippen molar-refractivity contribution >= 4 is 22.9 Å². The average molecular weight is 205 g/mol. The molecule has 0 unspecified atom stereocenters. The van der Waals surface area contributed by atoms with Gasteiger partial charge in [-0.25, -0.2) is 0 Å². The number of aromatic nitrogens is 1. The van der Waals surface area contributed by atoms with Crippen LogP contribution in [-0.4, -0.2) is 11.2 Å². The summed E-state index contributed by atoms with van der Waals surface area (Å²) in [6.45, 7) is 0.629. The second kappa shape index (κ2) is 4.44. The fraction of sp³-hybridized carbons (Fsp3) is 0.182. The fourth-order valence-corrected chi connectivity index (χ4v) is 1.65. The first-order valence-corrected chi connectivity index (χ1v) is 5.55. The molecule has 0 spiro atoms. The highest BCUT2D eigenvalue weighted by Crippen LogP contribution is 2.17. The topological polar surface area (TPSA) is 22.1 Å². The molecule has 0 aliphatic rings. The molecule has 0 radical (unpaired) electrons. The first-order valence-electron chi connectivity index (χ1n) is 4.40. The Morgan fingerprint density at radius 1 is 1.29 bits per heavy atom. The van der Waals surface area contributed by atoms with Gasteiger partial charge in [-0.3, -0.25) is 4.98 Å². The number of benzene rings is 1. The van der Waals surface area contributed by atoms with E-state index in [1.165, 1.54) is 23.0 Å². The van der Waals surface area contributed by atoms with Crippen molar-refractivity contribution in [1.82, 2.24) is 4.98 Å². The van der Waals surface area contributed by atoms with E-state index >= 15 is 0 Å². The smallest absolute Gasteiger partial charge is 0.0871 e. The van der Waals surface area contributed by atoms with Crippen LogP contribution < -0.4 is 0 Å². The summed E-state index contributed by atoms with van der Waals surface area (Å²) < 4.78 is 5.32. The minimum atomic E-state index is 0.629. The number of pyridine rings is 1. The van der Waals surface area contributed by atoms with Crippen molar-refractivity contribution in [2.75, 3.05) is 6.26 Å². The first-order chi connectivity index (χ1) is 6.92. The second-order valence-electron chi connectivity index (χ2n) is 2.92. The molecule has 14 heavy (non-hydrogen) atoms. The van der Waals surface area contributed by atoms with Crippen molar-refractivity contribution in [3.05, 3.63) is 42.1 Å². The van der Waals surface area contributed by atoms with Gasteiger partial charge in [0.15, 0.2) is 0 Å². The van der Waals surface area contributed by atoms with Crippen molar-refractivity contribution in [2.45, 2.75) is 6.61 Å². The third-order valence-electron chi connectivity index (χ3n) is 2.07. The molecule has 1 heterocycles. The molecule has 0 fully saturated rings. The molecule has 0 amide bonds. The molecule has 1 aromatic carbocycles. The summed E-state index contributed by atoms with van der Waals surface area (Å²) in [5, 5.41) is 1.17. The van der Waals surface area contributed by atoms with Gasteiger partial charge in [0.2, 0.25) is 0 Å². The molecule has 0 aliphatic heterocycles. The van der Waals surface area contributed by atoms with Gasteiger partial charge in [-0.2, -0.15) is 0 Å².